The van der Waals surface area contributed by atoms with E-state index < -0.39 is 11.7 Å². The van der Waals surface area contributed by atoms with Crippen LogP contribution < -0.4 is 10.2 Å². The Hall–Kier alpha value is -1.27. The van der Waals surface area contributed by atoms with E-state index in [4.69, 9.17) is 5.11 Å². The number of alkyl halides is 3. The van der Waals surface area contributed by atoms with Crippen molar-refractivity contribution in [2.24, 2.45) is 0 Å². The zero-order valence-electron chi connectivity index (χ0n) is 12.0. The summed E-state index contributed by atoms with van der Waals surface area (Å²) in [4.78, 5) is 1.75. The number of benzene rings is 1. The van der Waals surface area contributed by atoms with Gasteiger partial charge in [-0.25, -0.2) is 0 Å². The minimum absolute atomic E-state index is 0.0124. The van der Waals surface area contributed by atoms with Gasteiger partial charge in [0, 0.05) is 24.8 Å². The fourth-order valence-electron chi connectivity index (χ4n) is 2.14. The molecule has 0 unspecified atom stereocenters. The van der Waals surface area contributed by atoms with Crippen LogP contribution in [-0.2, 0) is 12.7 Å². The first kappa shape index (κ1) is 16.8. The van der Waals surface area contributed by atoms with E-state index in [0.717, 1.165) is 6.07 Å². The number of hydrogen-bond acceptors (Lipinski definition) is 3. The molecule has 1 aromatic rings. The van der Waals surface area contributed by atoms with Gasteiger partial charge in [-0.15, -0.1) is 0 Å². The molecule has 0 saturated heterocycles. The molecule has 0 atom stereocenters. The molecule has 1 aromatic carbocycles. The molecule has 0 amide bonds. The molecule has 0 aromatic heterocycles. The van der Waals surface area contributed by atoms with Gasteiger partial charge in [0.05, 0.1) is 12.2 Å². The van der Waals surface area contributed by atoms with Gasteiger partial charge < -0.3 is 15.3 Å². The first-order valence-electron chi connectivity index (χ1n) is 6.53. The Labute approximate surface area is 117 Å². The highest BCUT2D eigenvalue weighted by Crippen LogP contribution is 2.35. The summed E-state index contributed by atoms with van der Waals surface area (Å²) in [7, 11) is 1.61. The molecule has 2 N–H and O–H groups in total. The van der Waals surface area contributed by atoms with E-state index in [-0.39, 0.29) is 24.8 Å². The van der Waals surface area contributed by atoms with Gasteiger partial charge in [-0.05, 0) is 38.6 Å². The van der Waals surface area contributed by atoms with Crippen LogP contribution in [0.4, 0.5) is 18.9 Å². The standard InChI is InChI=1S/C14H21F3N2O/c1-10(2)19(6-7-20)12-5-4-11(9-18-3)13(8-12)14(15,16)17/h4-5,8,10,18,20H,6-7,9H2,1-3H3. The maximum absolute atomic E-state index is 13.1. The maximum Gasteiger partial charge on any atom is 0.416 e. The maximum atomic E-state index is 13.1. The van der Waals surface area contributed by atoms with Crippen LogP contribution in [0.3, 0.4) is 0 Å². The second-order valence-electron chi connectivity index (χ2n) is 4.88. The minimum Gasteiger partial charge on any atom is -0.395 e. The predicted molar refractivity (Wildman–Crippen MR) is 73.8 cm³/mol. The van der Waals surface area contributed by atoms with Crippen molar-refractivity contribution in [1.82, 2.24) is 5.32 Å². The number of nitrogens with zero attached hydrogens (tertiary/aromatic N) is 1. The largest absolute Gasteiger partial charge is 0.416 e. The Balaban J connectivity index is 3.23. The molecule has 0 aliphatic carbocycles. The second-order valence-corrected chi connectivity index (χ2v) is 4.88. The van der Waals surface area contributed by atoms with E-state index in [1.807, 2.05) is 13.8 Å². The Kier molecular flexibility index (Phi) is 5.83. The smallest absolute Gasteiger partial charge is 0.395 e. The Morgan fingerprint density at radius 1 is 1.30 bits per heavy atom. The monoisotopic (exact) mass is 290 g/mol. The van der Waals surface area contributed by atoms with Crippen molar-refractivity contribution in [2.45, 2.75) is 32.6 Å². The quantitative estimate of drug-likeness (QED) is 0.845. The van der Waals surface area contributed by atoms with Crippen LogP contribution in [0.1, 0.15) is 25.0 Å². The van der Waals surface area contributed by atoms with Gasteiger partial charge in [-0.3, -0.25) is 0 Å². The molecule has 0 radical (unpaired) electrons. The normalized spacial score (nSPS) is 12.0. The molecule has 0 fully saturated rings. The zero-order chi connectivity index (χ0) is 15.3. The van der Waals surface area contributed by atoms with Gasteiger partial charge in [0.25, 0.3) is 0 Å². The van der Waals surface area contributed by atoms with Crippen LogP contribution in [0, 0.1) is 0 Å². The lowest BCUT2D eigenvalue weighted by Crippen LogP contribution is -2.33. The molecular weight excluding hydrogens is 269 g/mol. The van der Waals surface area contributed by atoms with Gasteiger partial charge in [0.15, 0.2) is 0 Å². The lowest BCUT2D eigenvalue weighted by molar-refractivity contribution is -0.138. The van der Waals surface area contributed by atoms with Gasteiger partial charge in [-0.1, -0.05) is 6.07 Å². The number of halogens is 3. The van der Waals surface area contributed by atoms with E-state index >= 15 is 0 Å². The summed E-state index contributed by atoms with van der Waals surface area (Å²) in [5.41, 5.74) is 0.0608. The minimum atomic E-state index is -4.38. The molecule has 1 rings (SSSR count). The number of anilines is 1. The number of rotatable bonds is 6. The van der Waals surface area contributed by atoms with Crippen LogP contribution in [0.15, 0.2) is 18.2 Å². The van der Waals surface area contributed by atoms with Gasteiger partial charge in [0.1, 0.15) is 0 Å². The number of nitrogens with one attached hydrogen (secondary N) is 1. The summed E-state index contributed by atoms with van der Waals surface area (Å²) in [5, 5.41) is 11.8. The van der Waals surface area contributed by atoms with Crippen molar-refractivity contribution >= 4 is 5.69 Å². The molecule has 0 bridgehead atoms. The summed E-state index contributed by atoms with van der Waals surface area (Å²) < 4.78 is 39.3. The van der Waals surface area contributed by atoms with Crippen LogP contribution in [-0.4, -0.2) is 31.3 Å². The first-order valence-corrected chi connectivity index (χ1v) is 6.53. The van der Waals surface area contributed by atoms with E-state index in [1.54, 1.807) is 18.0 Å². The van der Waals surface area contributed by atoms with Gasteiger partial charge in [0.2, 0.25) is 0 Å². The van der Waals surface area contributed by atoms with E-state index in [2.05, 4.69) is 5.32 Å². The fraction of sp³-hybridized carbons (Fsp3) is 0.571. The molecule has 0 heterocycles. The van der Waals surface area contributed by atoms with Gasteiger partial charge >= 0.3 is 6.18 Å². The van der Waals surface area contributed by atoms with E-state index in [9.17, 15) is 13.2 Å². The summed E-state index contributed by atoms with van der Waals surface area (Å²) >= 11 is 0. The Bertz CT molecular complexity index is 433. The Morgan fingerprint density at radius 2 is 1.95 bits per heavy atom. The van der Waals surface area contributed by atoms with Crippen molar-refractivity contribution in [3.8, 4) is 0 Å². The number of hydrogen-bond donors (Lipinski definition) is 2. The van der Waals surface area contributed by atoms with Crippen molar-refractivity contribution < 1.29 is 18.3 Å². The fourth-order valence-corrected chi connectivity index (χ4v) is 2.14. The van der Waals surface area contributed by atoms with Crippen LogP contribution in [0.25, 0.3) is 0 Å². The third kappa shape index (κ3) is 4.11. The van der Waals surface area contributed by atoms with Crippen molar-refractivity contribution in [3.05, 3.63) is 29.3 Å². The van der Waals surface area contributed by atoms with Crippen molar-refractivity contribution in [3.63, 3.8) is 0 Å². The molecule has 0 aliphatic rings. The zero-order valence-corrected chi connectivity index (χ0v) is 12.0. The molecule has 114 valence electrons. The van der Waals surface area contributed by atoms with Crippen LogP contribution >= 0.6 is 0 Å². The van der Waals surface area contributed by atoms with Crippen molar-refractivity contribution in [2.75, 3.05) is 25.1 Å². The SMILES string of the molecule is CNCc1ccc(N(CCO)C(C)C)cc1C(F)(F)F. The van der Waals surface area contributed by atoms with Crippen LogP contribution in [0.5, 0.6) is 0 Å². The molecule has 0 aliphatic heterocycles. The van der Waals surface area contributed by atoms with E-state index in [1.165, 1.54) is 6.07 Å². The summed E-state index contributed by atoms with van der Waals surface area (Å²) in [6.07, 6.45) is -4.38. The average Bonchev–Trinajstić information content (AvgIpc) is 2.35. The summed E-state index contributed by atoms with van der Waals surface area (Å²) in [6, 6.07) is 4.32. The van der Waals surface area contributed by atoms with E-state index in [0.29, 0.717) is 12.2 Å². The third-order valence-electron chi connectivity index (χ3n) is 3.06. The summed E-state index contributed by atoms with van der Waals surface area (Å²) in [6.45, 7) is 4.13. The van der Waals surface area contributed by atoms with Gasteiger partial charge in [-0.2, -0.15) is 13.2 Å². The molecular formula is C14H21F3N2O. The highest BCUT2D eigenvalue weighted by Gasteiger charge is 2.33. The molecule has 6 heteroatoms. The van der Waals surface area contributed by atoms with Crippen molar-refractivity contribution in [1.29, 1.82) is 0 Å². The third-order valence-corrected chi connectivity index (χ3v) is 3.06. The predicted octanol–water partition coefficient (Wildman–Crippen LogP) is 2.63. The topological polar surface area (TPSA) is 35.5 Å². The molecule has 3 nitrogen and oxygen atoms in total. The highest BCUT2D eigenvalue weighted by molar-refractivity contribution is 5.52. The molecule has 20 heavy (non-hydrogen) atoms. The summed E-state index contributed by atoms with van der Waals surface area (Å²) in [5.74, 6) is 0. The Morgan fingerprint density at radius 3 is 2.40 bits per heavy atom. The lowest BCUT2D eigenvalue weighted by Gasteiger charge is -2.29. The lowest BCUT2D eigenvalue weighted by atomic mass is 10.0. The molecule has 0 saturated carbocycles. The number of aliphatic hydroxyl groups is 1. The van der Waals surface area contributed by atoms with Crippen LogP contribution in [0.2, 0.25) is 0 Å². The average molecular weight is 290 g/mol. The highest BCUT2D eigenvalue weighted by atomic mass is 19.4. The second kappa shape index (κ2) is 6.95. The molecule has 0 spiro atoms. The number of aliphatic hydroxyl groups excluding tert-OH is 1. The first-order chi connectivity index (χ1) is 9.31.